The highest BCUT2D eigenvalue weighted by atomic mass is 19.2. The van der Waals surface area contributed by atoms with Crippen molar-refractivity contribution in [1.29, 1.82) is 0 Å². The minimum atomic E-state index is -0.829. The summed E-state index contributed by atoms with van der Waals surface area (Å²) in [7, 11) is 0. The van der Waals surface area contributed by atoms with Gasteiger partial charge in [-0.2, -0.15) is 0 Å². The van der Waals surface area contributed by atoms with Crippen LogP contribution < -0.4 is 0 Å². The number of aliphatic hydroxyl groups excluding tert-OH is 1. The number of nitrogens with zero attached hydrogens (tertiary/aromatic N) is 1. The lowest BCUT2D eigenvalue weighted by Gasteiger charge is -2.15. The lowest BCUT2D eigenvalue weighted by atomic mass is 9.90. The standard InChI is InChI=1S/C16H15F2NO/c17-13-5-3-11(9-14(13)18)10-4-6-15(20)16-12(8-10)2-1-7-19-16/h1-3,5,7,9-10,15,20H,4,6,8H2. The average Bonchev–Trinajstić information content (AvgIpc) is 2.62. The van der Waals surface area contributed by atoms with Crippen LogP contribution in [0.3, 0.4) is 0 Å². The minimum absolute atomic E-state index is 0.0743. The fourth-order valence-corrected chi connectivity index (χ4v) is 2.84. The summed E-state index contributed by atoms with van der Waals surface area (Å²) < 4.78 is 26.4. The maximum atomic E-state index is 13.4. The number of pyridine rings is 1. The summed E-state index contributed by atoms with van der Waals surface area (Å²) in [6, 6.07) is 7.81. The molecule has 1 heterocycles. The third kappa shape index (κ3) is 2.43. The van der Waals surface area contributed by atoms with E-state index in [0.29, 0.717) is 18.5 Å². The molecule has 1 aromatic carbocycles. The van der Waals surface area contributed by atoms with E-state index < -0.39 is 17.7 Å². The maximum Gasteiger partial charge on any atom is 0.159 e. The summed E-state index contributed by atoms with van der Waals surface area (Å²) in [6.45, 7) is 0. The molecule has 1 aliphatic carbocycles. The molecule has 1 N–H and O–H groups in total. The van der Waals surface area contributed by atoms with Crippen molar-refractivity contribution in [3.05, 3.63) is 65.0 Å². The first-order valence-electron chi connectivity index (χ1n) is 6.72. The molecule has 2 unspecified atom stereocenters. The molecule has 3 rings (SSSR count). The topological polar surface area (TPSA) is 33.1 Å². The Kier molecular flexibility index (Phi) is 3.49. The van der Waals surface area contributed by atoms with Crippen molar-refractivity contribution in [2.75, 3.05) is 0 Å². The van der Waals surface area contributed by atoms with Crippen LogP contribution in [-0.2, 0) is 6.42 Å². The van der Waals surface area contributed by atoms with Crippen molar-refractivity contribution in [2.45, 2.75) is 31.3 Å². The van der Waals surface area contributed by atoms with Gasteiger partial charge in [-0.3, -0.25) is 4.98 Å². The maximum absolute atomic E-state index is 13.4. The molecule has 4 heteroatoms. The van der Waals surface area contributed by atoms with E-state index in [9.17, 15) is 13.9 Å². The molecule has 104 valence electrons. The van der Waals surface area contributed by atoms with Crippen LogP contribution in [0.4, 0.5) is 8.78 Å². The second kappa shape index (κ2) is 5.29. The largest absolute Gasteiger partial charge is 0.387 e. The first-order valence-corrected chi connectivity index (χ1v) is 6.72. The van der Waals surface area contributed by atoms with E-state index in [1.54, 1.807) is 12.3 Å². The van der Waals surface area contributed by atoms with Crippen LogP contribution in [-0.4, -0.2) is 10.1 Å². The zero-order chi connectivity index (χ0) is 14.1. The van der Waals surface area contributed by atoms with Crippen LogP contribution >= 0.6 is 0 Å². The lowest BCUT2D eigenvalue weighted by Crippen LogP contribution is -2.03. The molecule has 0 bridgehead atoms. The van der Waals surface area contributed by atoms with Crippen molar-refractivity contribution < 1.29 is 13.9 Å². The van der Waals surface area contributed by atoms with Gasteiger partial charge in [0.15, 0.2) is 11.6 Å². The number of fused-ring (bicyclic) bond motifs is 1. The van der Waals surface area contributed by atoms with Crippen molar-refractivity contribution in [3.63, 3.8) is 0 Å². The molecule has 1 aromatic heterocycles. The monoisotopic (exact) mass is 275 g/mol. The predicted octanol–water partition coefficient (Wildman–Crippen LogP) is 3.51. The summed E-state index contributed by atoms with van der Waals surface area (Å²) in [6.07, 6.45) is 3.07. The molecule has 0 radical (unpaired) electrons. The zero-order valence-electron chi connectivity index (χ0n) is 10.9. The van der Waals surface area contributed by atoms with Gasteiger partial charge in [0, 0.05) is 6.20 Å². The quantitative estimate of drug-likeness (QED) is 0.808. The van der Waals surface area contributed by atoms with Gasteiger partial charge in [-0.25, -0.2) is 8.78 Å². The van der Waals surface area contributed by atoms with Crippen molar-refractivity contribution in [2.24, 2.45) is 0 Å². The van der Waals surface area contributed by atoms with E-state index in [4.69, 9.17) is 0 Å². The van der Waals surface area contributed by atoms with Gasteiger partial charge in [0.2, 0.25) is 0 Å². The van der Waals surface area contributed by atoms with Crippen molar-refractivity contribution in [1.82, 2.24) is 4.98 Å². The number of benzene rings is 1. The van der Waals surface area contributed by atoms with Gasteiger partial charge in [-0.15, -0.1) is 0 Å². The predicted molar refractivity (Wildman–Crippen MR) is 71.2 cm³/mol. The molecule has 0 fully saturated rings. The molecular formula is C16H15F2NO. The van der Waals surface area contributed by atoms with E-state index >= 15 is 0 Å². The third-order valence-corrected chi connectivity index (χ3v) is 3.91. The molecule has 2 aromatic rings. The highest BCUT2D eigenvalue weighted by molar-refractivity contribution is 5.29. The number of halogens is 2. The van der Waals surface area contributed by atoms with E-state index in [2.05, 4.69) is 4.98 Å². The number of hydrogen-bond donors (Lipinski definition) is 1. The van der Waals surface area contributed by atoms with Crippen molar-refractivity contribution in [3.8, 4) is 0 Å². The summed E-state index contributed by atoms with van der Waals surface area (Å²) in [5, 5.41) is 10.1. The number of aromatic nitrogens is 1. The molecule has 2 atom stereocenters. The van der Waals surface area contributed by atoms with Crippen molar-refractivity contribution >= 4 is 0 Å². The van der Waals surface area contributed by atoms with Gasteiger partial charge < -0.3 is 5.11 Å². The van der Waals surface area contributed by atoms with Gasteiger partial charge in [0.25, 0.3) is 0 Å². The van der Waals surface area contributed by atoms with E-state index in [-0.39, 0.29) is 5.92 Å². The highest BCUT2D eigenvalue weighted by Gasteiger charge is 2.24. The van der Waals surface area contributed by atoms with Gasteiger partial charge in [0.05, 0.1) is 11.8 Å². The van der Waals surface area contributed by atoms with Gasteiger partial charge in [-0.1, -0.05) is 12.1 Å². The van der Waals surface area contributed by atoms with E-state index in [0.717, 1.165) is 23.6 Å². The second-order valence-electron chi connectivity index (χ2n) is 5.22. The van der Waals surface area contributed by atoms with Crippen LogP contribution in [0.2, 0.25) is 0 Å². The Morgan fingerprint density at radius 3 is 2.75 bits per heavy atom. The first kappa shape index (κ1) is 13.2. The molecule has 0 aliphatic heterocycles. The number of aliphatic hydroxyl groups is 1. The fraction of sp³-hybridized carbons (Fsp3) is 0.312. The Hall–Kier alpha value is -1.81. The third-order valence-electron chi connectivity index (χ3n) is 3.91. The first-order chi connectivity index (χ1) is 9.65. The van der Waals surface area contributed by atoms with Crippen LogP contribution in [0.15, 0.2) is 36.5 Å². The molecule has 2 nitrogen and oxygen atoms in total. The normalized spacial score (nSPS) is 22.1. The number of rotatable bonds is 1. The van der Waals surface area contributed by atoms with Crippen LogP contribution in [0.25, 0.3) is 0 Å². The summed E-state index contributed by atoms with van der Waals surface area (Å²) in [5.74, 6) is -1.58. The SMILES string of the molecule is OC1CCC(c2ccc(F)c(F)c2)Cc2cccnc21. The summed E-state index contributed by atoms with van der Waals surface area (Å²) in [5.41, 5.74) is 2.46. The minimum Gasteiger partial charge on any atom is -0.387 e. The number of hydrogen-bond acceptors (Lipinski definition) is 2. The summed E-state index contributed by atoms with van der Waals surface area (Å²) in [4.78, 5) is 4.24. The Morgan fingerprint density at radius 1 is 1.10 bits per heavy atom. The van der Waals surface area contributed by atoms with Crippen LogP contribution in [0, 0.1) is 11.6 Å². The van der Waals surface area contributed by atoms with Crippen LogP contribution in [0.1, 0.15) is 41.7 Å². The molecule has 1 aliphatic rings. The molecule has 0 saturated heterocycles. The molecular weight excluding hydrogens is 260 g/mol. The summed E-state index contributed by atoms with van der Waals surface area (Å²) >= 11 is 0. The molecule has 0 saturated carbocycles. The lowest BCUT2D eigenvalue weighted by molar-refractivity contribution is 0.160. The highest BCUT2D eigenvalue weighted by Crippen LogP contribution is 2.35. The Balaban J connectivity index is 1.94. The van der Waals surface area contributed by atoms with E-state index in [1.807, 2.05) is 12.1 Å². The Labute approximate surface area is 116 Å². The second-order valence-corrected chi connectivity index (χ2v) is 5.22. The van der Waals surface area contributed by atoms with Gasteiger partial charge in [-0.05, 0) is 54.5 Å². The fourth-order valence-electron chi connectivity index (χ4n) is 2.84. The zero-order valence-corrected chi connectivity index (χ0v) is 10.9. The van der Waals surface area contributed by atoms with Crippen LogP contribution in [0.5, 0.6) is 0 Å². The average molecular weight is 275 g/mol. The molecule has 0 amide bonds. The molecule has 0 spiro atoms. The van der Waals surface area contributed by atoms with Gasteiger partial charge in [0.1, 0.15) is 0 Å². The Bertz CT molecular complexity index is 630. The Morgan fingerprint density at radius 2 is 1.95 bits per heavy atom. The molecule has 20 heavy (non-hydrogen) atoms. The van der Waals surface area contributed by atoms with E-state index in [1.165, 1.54) is 6.07 Å². The van der Waals surface area contributed by atoms with Gasteiger partial charge >= 0.3 is 0 Å². The smallest absolute Gasteiger partial charge is 0.159 e.